The number of nitrogens with zero attached hydrogens (tertiary/aromatic N) is 3. The topological polar surface area (TPSA) is 78.3 Å². The lowest BCUT2D eigenvalue weighted by atomic mass is 10.1. The molecule has 0 saturated carbocycles. The Morgan fingerprint density at radius 2 is 1.67 bits per heavy atom. The zero-order valence-electron chi connectivity index (χ0n) is 18.4. The fourth-order valence-corrected chi connectivity index (χ4v) is 4.12. The van der Waals surface area contributed by atoms with Crippen LogP contribution in [0.2, 0.25) is 0 Å². The third-order valence-corrected chi connectivity index (χ3v) is 5.86. The molecule has 4 aromatic rings. The number of hydrogen-bond donors (Lipinski definition) is 1. The SMILES string of the molecule is COc1ccc(OC)c(NC(=O)CSc2nnc(Cc3ccccc3)n2-c2ccccc2)c1. The van der Waals surface area contributed by atoms with Crippen molar-refractivity contribution in [2.75, 3.05) is 25.3 Å². The molecular weight excluding hydrogens is 436 g/mol. The van der Waals surface area contributed by atoms with Crippen molar-refractivity contribution in [3.63, 3.8) is 0 Å². The first-order valence-electron chi connectivity index (χ1n) is 10.4. The summed E-state index contributed by atoms with van der Waals surface area (Å²) in [6.07, 6.45) is 0.635. The van der Waals surface area contributed by atoms with E-state index in [0.29, 0.717) is 28.8 Å². The summed E-state index contributed by atoms with van der Waals surface area (Å²) in [5.74, 6) is 1.99. The highest BCUT2D eigenvalue weighted by Crippen LogP contribution is 2.29. The molecule has 0 unspecified atom stereocenters. The fraction of sp³-hybridized carbons (Fsp3) is 0.160. The van der Waals surface area contributed by atoms with E-state index in [2.05, 4.69) is 27.6 Å². The summed E-state index contributed by atoms with van der Waals surface area (Å²) in [7, 11) is 3.13. The molecule has 0 fully saturated rings. The van der Waals surface area contributed by atoms with Crippen LogP contribution in [-0.4, -0.2) is 40.6 Å². The van der Waals surface area contributed by atoms with Crippen LogP contribution in [0.25, 0.3) is 5.69 Å². The molecule has 1 heterocycles. The molecule has 8 heteroatoms. The molecule has 0 aliphatic heterocycles. The summed E-state index contributed by atoms with van der Waals surface area (Å²) in [5.41, 5.74) is 2.64. The van der Waals surface area contributed by atoms with Gasteiger partial charge in [0.05, 0.1) is 25.7 Å². The smallest absolute Gasteiger partial charge is 0.234 e. The van der Waals surface area contributed by atoms with Crippen molar-refractivity contribution in [2.45, 2.75) is 11.6 Å². The Bertz CT molecular complexity index is 1210. The molecule has 0 atom stereocenters. The highest BCUT2D eigenvalue weighted by Gasteiger charge is 2.17. The van der Waals surface area contributed by atoms with Gasteiger partial charge in [-0.3, -0.25) is 9.36 Å². The van der Waals surface area contributed by atoms with Crippen LogP contribution < -0.4 is 14.8 Å². The van der Waals surface area contributed by atoms with Crippen LogP contribution in [0, 0.1) is 0 Å². The fourth-order valence-electron chi connectivity index (χ4n) is 3.35. The molecule has 168 valence electrons. The van der Waals surface area contributed by atoms with Gasteiger partial charge in [-0.1, -0.05) is 60.3 Å². The van der Waals surface area contributed by atoms with Crippen LogP contribution in [0.5, 0.6) is 11.5 Å². The lowest BCUT2D eigenvalue weighted by Gasteiger charge is -2.12. The van der Waals surface area contributed by atoms with Gasteiger partial charge in [-0.25, -0.2) is 0 Å². The van der Waals surface area contributed by atoms with Crippen LogP contribution in [-0.2, 0) is 11.2 Å². The largest absolute Gasteiger partial charge is 0.497 e. The second-order valence-corrected chi connectivity index (χ2v) is 8.08. The minimum atomic E-state index is -0.182. The predicted molar refractivity (Wildman–Crippen MR) is 130 cm³/mol. The zero-order chi connectivity index (χ0) is 23.0. The number of benzene rings is 3. The average molecular weight is 461 g/mol. The minimum absolute atomic E-state index is 0.163. The van der Waals surface area contributed by atoms with E-state index < -0.39 is 0 Å². The van der Waals surface area contributed by atoms with Crippen molar-refractivity contribution in [1.82, 2.24) is 14.8 Å². The van der Waals surface area contributed by atoms with Gasteiger partial charge in [0.25, 0.3) is 0 Å². The van der Waals surface area contributed by atoms with Crippen LogP contribution in [0.15, 0.2) is 84.0 Å². The van der Waals surface area contributed by atoms with E-state index in [1.165, 1.54) is 11.8 Å². The number of methoxy groups -OCH3 is 2. The van der Waals surface area contributed by atoms with E-state index in [4.69, 9.17) is 9.47 Å². The Balaban J connectivity index is 1.53. The Hall–Kier alpha value is -3.78. The molecular formula is C25H24N4O3S. The molecule has 1 N–H and O–H groups in total. The summed E-state index contributed by atoms with van der Waals surface area (Å²) in [6, 6.07) is 25.3. The van der Waals surface area contributed by atoms with Gasteiger partial charge in [-0.15, -0.1) is 10.2 Å². The lowest BCUT2D eigenvalue weighted by molar-refractivity contribution is -0.113. The summed E-state index contributed by atoms with van der Waals surface area (Å²) < 4.78 is 12.6. The molecule has 0 radical (unpaired) electrons. The highest BCUT2D eigenvalue weighted by atomic mass is 32.2. The molecule has 3 aromatic carbocycles. The van der Waals surface area contributed by atoms with Gasteiger partial charge in [0, 0.05) is 18.2 Å². The van der Waals surface area contributed by atoms with Crippen molar-refractivity contribution >= 4 is 23.4 Å². The lowest BCUT2D eigenvalue weighted by Crippen LogP contribution is -2.15. The maximum absolute atomic E-state index is 12.7. The van der Waals surface area contributed by atoms with Crippen molar-refractivity contribution in [3.8, 4) is 17.2 Å². The third-order valence-electron chi connectivity index (χ3n) is 4.93. The van der Waals surface area contributed by atoms with Gasteiger partial charge in [0.15, 0.2) is 5.16 Å². The Kier molecular flexibility index (Phi) is 7.26. The number of amides is 1. The van der Waals surface area contributed by atoms with E-state index in [1.807, 2.05) is 53.1 Å². The van der Waals surface area contributed by atoms with E-state index in [0.717, 1.165) is 17.1 Å². The molecule has 1 amide bonds. The van der Waals surface area contributed by atoms with Crippen LogP contribution in [0.3, 0.4) is 0 Å². The molecule has 0 aliphatic rings. The zero-order valence-corrected chi connectivity index (χ0v) is 19.2. The van der Waals surface area contributed by atoms with Gasteiger partial charge in [0.1, 0.15) is 17.3 Å². The first-order valence-corrected chi connectivity index (χ1v) is 11.3. The average Bonchev–Trinajstić information content (AvgIpc) is 3.26. The van der Waals surface area contributed by atoms with Crippen LogP contribution in [0.4, 0.5) is 5.69 Å². The van der Waals surface area contributed by atoms with Gasteiger partial charge < -0.3 is 14.8 Å². The Morgan fingerprint density at radius 1 is 0.939 bits per heavy atom. The molecule has 4 rings (SSSR count). The van der Waals surface area contributed by atoms with Gasteiger partial charge in [-0.05, 0) is 29.8 Å². The number of ether oxygens (including phenoxy) is 2. The van der Waals surface area contributed by atoms with Gasteiger partial charge >= 0.3 is 0 Å². The number of carbonyl (C=O) groups is 1. The van der Waals surface area contributed by atoms with Crippen molar-refractivity contribution in [1.29, 1.82) is 0 Å². The quantitative estimate of drug-likeness (QED) is 0.368. The molecule has 7 nitrogen and oxygen atoms in total. The van der Waals surface area contributed by atoms with Gasteiger partial charge in [-0.2, -0.15) is 0 Å². The Labute approximate surface area is 196 Å². The summed E-state index contributed by atoms with van der Waals surface area (Å²) in [6.45, 7) is 0. The van der Waals surface area contributed by atoms with Crippen LogP contribution >= 0.6 is 11.8 Å². The van der Waals surface area contributed by atoms with Crippen LogP contribution in [0.1, 0.15) is 11.4 Å². The minimum Gasteiger partial charge on any atom is -0.497 e. The van der Waals surface area contributed by atoms with E-state index in [-0.39, 0.29) is 11.7 Å². The maximum atomic E-state index is 12.7. The molecule has 1 aromatic heterocycles. The number of aromatic nitrogens is 3. The highest BCUT2D eigenvalue weighted by molar-refractivity contribution is 7.99. The number of rotatable bonds is 9. The van der Waals surface area contributed by atoms with E-state index >= 15 is 0 Å². The normalized spacial score (nSPS) is 10.6. The third kappa shape index (κ3) is 5.53. The first-order chi connectivity index (χ1) is 16.2. The number of para-hydroxylation sites is 1. The second kappa shape index (κ2) is 10.7. The number of carbonyl (C=O) groups excluding carboxylic acids is 1. The summed E-state index contributed by atoms with van der Waals surface area (Å²) >= 11 is 1.33. The number of thioether (sulfide) groups is 1. The maximum Gasteiger partial charge on any atom is 0.234 e. The second-order valence-electron chi connectivity index (χ2n) is 7.14. The number of nitrogens with one attached hydrogen (secondary N) is 1. The van der Waals surface area contributed by atoms with E-state index in [9.17, 15) is 4.79 Å². The number of anilines is 1. The summed E-state index contributed by atoms with van der Waals surface area (Å²) in [4.78, 5) is 12.7. The number of hydrogen-bond acceptors (Lipinski definition) is 6. The molecule has 0 saturated heterocycles. The molecule has 0 aliphatic carbocycles. The molecule has 0 bridgehead atoms. The van der Waals surface area contributed by atoms with Crippen molar-refractivity contribution < 1.29 is 14.3 Å². The van der Waals surface area contributed by atoms with Crippen molar-refractivity contribution in [3.05, 3.63) is 90.3 Å². The Morgan fingerprint density at radius 3 is 2.36 bits per heavy atom. The van der Waals surface area contributed by atoms with Crippen molar-refractivity contribution in [2.24, 2.45) is 0 Å². The van der Waals surface area contributed by atoms with Gasteiger partial charge in [0.2, 0.25) is 5.91 Å². The predicted octanol–water partition coefficient (Wildman–Crippen LogP) is 4.61. The standard InChI is InChI=1S/C25H24N4O3S/c1-31-20-13-14-22(32-2)21(16-20)26-24(30)17-33-25-28-27-23(15-18-9-5-3-6-10-18)29(25)19-11-7-4-8-12-19/h3-14,16H,15,17H2,1-2H3,(H,26,30). The monoisotopic (exact) mass is 460 g/mol. The molecule has 0 spiro atoms. The summed E-state index contributed by atoms with van der Waals surface area (Å²) in [5, 5.41) is 12.3. The molecule has 33 heavy (non-hydrogen) atoms. The van der Waals surface area contributed by atoms with E-state index in [1.54, 1.807) is 32.4 Å². The first kappa shape index (κ1) is 22.4.